The number of primary amides is 1. The molecule has 1 heterocycles. The van der Waals surface area contributed by atoms with Crippen molar-refractivity contribution in [3.05, 3.63) is 29.3 Å². The van der Waals surface area contributed by atoms with Crippen molar-refractivity contribution >= 4 is 12.0 Å². The van der Waals surface area contributed by atoms with Gasteiger partial charge in [-0.3, -0.25) is 4.79 Å². The highest BCUT2D eigenvalue weighted by Crippen LogP contribution is 2.31. The molecule has 0 fully saturated rings. The van der Waals surface area contributed by atoms with E-state index in [1.165, 1.54) is 6.08 Å². The Balaban J connectivity index is 2.35. The average molecular weight is 230 g/mol. The van der Waals surface area contributed by atoms with E-state index in [1.54, 1.807) is 24.3 Å². The number of hydrogen-bond donors (Lipinski definition) is 1. The van der Waals surface area contributed by atoms with E-state index >= 15 is 0 Å². The number of carbonyl (C=O) groups excluding carboxylic acids is 1. The number of amides is 1. The van der Waals surface area contributed by atoms with Crippen molar-refractivity contribution in [2.24, 2.45) is 5.73 Å². The number of nitrogens with zero attached hydrogens (tertiary/aromatic N) is 1. The number of fused-ring (bicyclic) bond motifs is 1. The van der Waals surface area contributed by atoms with Gasteiger partial charge in [-0.1, -0.05) is 6.07 Å². The summed E-state index contributed by atoms with van der Waals surface area (Å²) in [5.41, 5.74) is 5.62. The molecular formula is C12H10N2O3. The Hall–Kier alpha value is -2.48. The van der Waals surface area contributed by atoms with E-state index in [2.05, 4.69) is 0 Å². The molecule has 86 valence electrons. The van der Waals surface area contributed by atoms with E-state index in [-0.39, 0.29) is 5.57 Å². The van der Waals surface area contributed by atoms with Gasteiger partial charge in [-0.25, -0.2) is 0 Å². The number of carbonyl (C=O) groups is 1. The Morgan fingerprint density at radius 2 is 2.06 bits per heavy atom. The van der Waals surface area contributed by atoms with Crippen molar-refractivity contribution in [1.29, 1.82) is 5.26 Å². The highest BCUT2D eigenvalue weighted by molar-refractivity contribution is 6.00. The van der Waals surface area contributed by atoms with Crippen LogP contribution in [0.3, 0.4) is 0 Å². The van der Waals surface area contributed by atoms with E-state index < -0.39 is 5.91 Å². The predicted octanol–water partition coefficient (Wildman–Crippen LogP) is 0.850. The average Bonchev–Trinajstić information content (AvgIpc) is 2.35. The van der Waals surface area contributed by atoms with Crippen LogP contribution in [0.25, 0.3) is 6.08 Å². The second-order valence-corrected chi connectivity index (χ2v) is 3.44. The highest BCUT2D eigenvalue weighted by Gasteiger charge is 2.11. The molecule has 0 aromatic heterocycles. The first-order valence-corrected chi connectivity index (χ1v) is 5.02. The van der Waals surface area contributed by atoms with Crippen LogP contribution in [-0.4, -0.2) is 19.1 Å². The van der Waals surface area contributed by atoms with Crippen LogP contribution in [0.2, 0.25) is 0 Å². The lowest BCUT2D eigenvalue weighted by Crippen LogP contribution is -2.15. The van der Waals surface area contributed by atoms with Crippen LogP contribution >= 0.6 is 0 Å². The van der Waals surface area contributed by atoms with E-state index in [1.807, 2.05) is 0 Å². The molecule has 2 rings (SSSR count). The maximum Gasteiger partial charge on any atom is 0.259 e. The van der Waals surface area contributed by atoms with E-state index in [0.717, 1.165) is 0 Å². The summed E-state index contributed by atoms with van der Waals surface area (Å²) in [5.74, 6) is 0.514. The summed E-state index contributed by atoms with van der Waals surface area (Å²) in [5, 5.41) is 8.72. The molecule has 1 amide bonds. The largest absolute Gasteiger partial charge is 0.486 e. The quantitative estimate of drug-likeness (QED) is 0.602. The second kappa shape index (κ2) is 4.58. The molecular weight excluding hydrogens is 220 g/mol. The number of ether oxygens (including phenoxy) is 2. The van der Waals surface area contributed by atoms with Gasteiger partial charge >= 0.3 is 0 Å². The molecule has 1 aliphatic heterocycles. The van der Waals surface area contributed by atoms with Crippen molar-refractivity contribution in [3.8, 4) is 17.6 Å². The Morgan fingerprint density at radius 1 is 1.35 bits per heavy atom. The van der Waals surface area contributed by atoms with Crippen molar-refractivity contribution in [1.82, 2.24) is 0 Å². The van der Waals surface area contributed by atoms with E-state index in [0.29, 0.717) is 30.3 Å². The van der Waals surface area contributed by atoms with Crippen LogP contribution in [0.4, 0.5) is 0 Å². The lowest BCUT2D eigenvalue weighted by Gasteiger charge is -2.18. The zero-order chi connectivity index (χ0) is 12.3. The van der Waals surface area contributed by atoms with Gasteiger partial charge in [-0.2, -0.15) is 5.26 Å². The number of nitrogens with two attached hydrogens (primary N) is 1. The topological polar surface area (TPSA) is 85.3 Å². The number of benzene rings is 1. The Morgan fingerprint density at radius 3 is 2.71 bits per heavy atom. The molecule has 17 heavy (non-hydrogen) atoms. The minimum Gasteiger partial charge on any atom is -0.486 e. The fraction of sp³-hybridized carbons (Fsp3) is 0.167. The Labute approximate surface area is 98.0 Å². The van der Waals surface area contributed by atoms with Crippen molar-refractivity contribution in [2.45, 2.75) is 0 Å². The molecule has 0 radical (unpaired) electrons. The Kier molecular flexibility index (Phi) is 2.97. The van der Waals surface area contributed by atoms with Gasteiger partial charge in [0.1, 0.15) is 24.9 Å². The molecule has 5 heteroatoms. The summed E-state index contributed by atoms with van der Waals surface area (Å²) in [6.45, 7) is 1.01. The van der Waals surface area contributed by atoms with Gasteiger partial charge in [-0.05, 0) is 23.8 Å². The van der Waals surface area contributed by atoms with Crippen LogP contribution in [0, 0.1) is 11.3 Å². The summed E-state index contributed by atoms with van der Waals surface area (Å²) in [6, 6.07) is 6.91. The molecule has 1 aromatic rings. The minimum atomic E-state index is -0.748. The zero-order valence-electron chi connectivity index (χ0n) is 8.97. The molecule has 1 aliphatic rings. The molecule has 0 atom stereocenters. The Bertz CT molecular complexity index is 529. The summed E-state index contributed by atoms with van der Waals surface area (Å²) < 4.78 is 10.7. The van der Waals surface area contributed by atoms with Crippen molar-refractivity contribution in [3.63, 3.8) is 0 Å². The van der Waals surface area contributed by atoms with Gasteiger partial charge in [0.2, 0.25) is 0 Å². The molecule has 0 bridgehead atoms. The summed E-state index contributed by atoms with van der Waals surface area (Å²) in [6.07, 6.45) is 1.42. The van der Waals surface area contributed by atoms with E-state index in [4.69, 9.17) is 20.5 Å². The molecule has 2 N–H and O–H groups in total. The minimum absolute atomic E-state index is 0.0957. The third-order valence-corrected chi connectivity index (χ3v) is 2.26. The van der Waals surface area contributed by atoms with Crippen LogP contribution in [0.5, 0.6) is 11.5 Å². The van der Waals surface area contributed by atoms with Gasteiger partial charge in [0.05, 0.1) is 0 Å². The first-order valence-electron chi connectivity index (χ1n) is 5.02. The number of rotatable bonds is 2. The van der Waals surface area contributed by atoms with Crippen molar-refractivity contribution in [2.75, 3.05) is 13.2 Å². The fourth-order valence-electron chi connectivity index (χ4n) is 1.47. The molecule has 5 nitrogen and oxygen atoms in total. The van der Waals surface area contributed by atoms with Gasteiger partial charge < -0.3 is 15.2 Å². The van der Waals surface area contributed by atoms with Gasteiger partial charge in [0.25, 0.3) is 5.91 Å². The van der Waals surface area contributed by atoms with Gasteiger partial charge in [0.15, 0.2) is 11.5 Å². The predicted molar refractivity (Wildman–Crippen MR) is 60.2 cm³/mol. The van der Waals surface area contributed by atoms with Crippen LogP contribution in [0.15, 0.2) is 23.8 Å². The molecule has 1 aromatic carbocycles. The maximum atomic E-state index is 10.9. The summed E-state index contributed by atoms with van der Waals surface area (Å²) in [4.78, 5) is 10.9. The van der Waals surface area contributed by atoms with Crippen LogP contribution in [-0.2, 0) is 4.79 Å². The normalized spacial score (nSPS) is 13.9. The van der Waals surface area contributed by atoms with Crippen LogP contribution < -0.4 is 15.2 Å². The molecule has 0 saturated heterocycles. The number of nitriles is 1. The van der Waals surface area contributed by atoms with Gasteiger partial charge in [0, 0.05) is 0 Å². The van der Waals surface area contributed by atoms with E-state index in [9.17, 15) is 4.79 Å². The zero-order valence-corrected chi connectivity index (χ0v) is 8.97. The number of hydrogen-bond acceptors (Lipinski definition) is 4. The van der Waals surface area contributed by atoms with Crippen LogP contribution in [0.1, 0.15) is 5.56 Å². The lowest BCUT2D eigenvalue weighted by molar-refractivity contribution is -0.114. The molecule has 0 saturated carbocycles. The lowest BCUT2D eigenvalue weighted by atomic mass is 10.1. The first kappa shape index (κ1) is 11.0. The second-order valence-electron chi connectivity index (χ2n) is 3.44. The highest BCUT2D eigenvalue weighted by atomic mass is 16.6. The van der Waals surface area contributed by atoms with Crippen molar-refractivity contribution < 1.29 is 14.3 Å². The smallest absolute Gasteiger partial charge is 0.259 e. The molecule has 0 aliphatic carbocycles. The summed E-state index contributed by atoms with van der Waals surface area (Å²) >= 11 is 0. The first-order chi connectivity index (χ1) is 8.20. The standard InChI is InChI=1S/C12H10N2O3/c13-7-9(12(14)15)5-8-1-2-10-11(6-8)17-4-3-16-10/h1-2,5-6H,3-4H2,(H2,14,15)/b9-5+. The third kappa shape index (κ3) is 2.37. The fourth-order valence-corrected chi connectivity index (χ4v) is 1.47. The molecule has 0 spiro atoms. The van der Waals surface area contributed by atoms with Gasteiger partial charge in [-0.15, -0.1) is 0 Å². The monoisotopic (exact) mass is 230 g/mol. The SMILES string of the molecule is N#C/C(=C\c1ccc2c(c1)OCCO2)C(N)=O. The molecule has 0 unspecified atom stereocenters. The third-order valence-electron chi connectivity index (χ3n) is 2.26. The maximum absolute atomic E-state index is 10.9. The summed E-state index contributed by atoms with van der Waals surface area (Å²) in [7, 11) is 0.